The first kappa shape index (κ1) is 13.3. The summed E-state index contributed by atoms with van der Waals surface area (Å²) in [6.07, 6.45) is 3.55. The first-order chi connectivity index (χ1) is 8.63. The summed E-state index contributed by atoms with van der Waals surface area (Å²) in [6, 6.07) is -0.194. The van der Waals surface area contributed by atoms with E-state index in [1.54, 1.807) is 4.90 Å². The highest BCUT2D eigenvalue weighted by Crippen LogP contribution is 2.25. The Morgan fingerprint density at radius 2 is 1.94 bits per heavy atom. The average Bonchev–Trinajstić information content (AvgIpc) is 2.87. The van der Waals surface area contributed by atoms with Gasteiger partial charge in [-0.1, -0.05) is 0 Å². The van der Waals surface area contributed by atoms with E-state index >= 15 is 0 Å². The van der Waals surface area contributed by atoms with E-state index in [2.05, 4.69) is 4.90 Å². The first-order valence-electron chi connectivity index (χ1n) is 6.60. The molecule has 2 heterocycles. The molecule has 6 heteroatoms. The lowest BCUT2D eigenvalue weighted by molar-refractivity contribution is -0.143. The minimum Gasteiger partial charge on any atom is -0.480 e. The molecule has 2 atom stereocenters. The maximum atomic E-state index is 11.6. The van der Waals surface area contributed by atoms with Crippen molar-refractivity contribution >= 4 is 11.9 Å². The van der Waals surface area contributed by atoms with Gasteiger partial charge in [-0.25, -0.2) is 0 Å². The van der Waals surface area contributed by atoms with Crippen molar-refractivity contribution in [2.45, 2.75) is 37.8 Å². The maximum absolute atomic E-state index is 11.6. The molecule has 3 N–H and O–H groups in total. The molecule has 2 unspecified atom stereocenters. The number of piperidine rings is 1. The highest BCUT2D eigenvalue weighted by Gasteiger charge is 2.37. The SMILES string of the molecule is NCC(=O)N1CCCC(N2CCCC2C(=O)O)C1. The summed E-state index contributed by atoms with van der Waals surface area (Å²) in [5.74, 6) is -0.777. The number of aliphatic carboxylic acids is 1. The number of nitrogens with two attached hydrogens (primary N) is 1. The summed E-state index contributed by atoms with van der Waals surface area (Å²) >= 11 is 0. The number of nitrogens with zero attached hydrogens (tertiary/aromatic N) is 2. The van der Waals surface area contributed by atoms with Gasteiger partial charge in [-0.2, -0.15) is 0 Å². The average molecular weight is 255 g/mol. The van der Waals surface area contributed by atoms with Crippen LogP contribution in [0.2, 0.25) is 0 Å². The predicted octanol–water partition coefficient (Wildman–Crippen LogP) is -0.515. The number of likely N-dealkylation sites (tertiary alicyclic amines) is 2. The number of carbonyl (C=O) groups is 2. The standard InChI is InChI=1S/C12H21N3O3/c13-7-11(16)14-5-1-3-9(8-14)15-6-2-4-10(15)12(17)18/h9-10H,1-8,13H2,(H,17,18). The van der Waals surface area contributed by atoms with Gasteiger partial charge in [-0.15, -0.1) is 0 Å². The van der Waals surface area contributed by atoms with Crippen molar-refractivity contribution in [3.63, 3.8) is 0 Å². The summed E-state index contributed by atoms with van der Waals surface area (Å²) in [5.41, 5.74) is 5.38. The minimum absolute atomic E-state index is 0.0363. The zero-order chi connectivity index (χ0) is 13.1. The fraction of sp³-hybridized carbons (Fsp3) is 0.833. The van der Waals surface area contributed by atoms with Crippen LogP contribution in [0.15, 0.2) is 0 Å². The van der Waals surface area contributed by atoms with Gasteiger partial charge in [0.2, 0.25) is 5.91 Å². The Balaban J connectivity index is 2.00. The Labute approximate surface area is 107 Å². The third-order valence-electron chi connectivity index (χ3n) is 3.97. The van der Waals surface area contributed by atoms with E-state index in [1.807, 2.05) is 0 Å². The molecule has 0 aromatic carbocycles. The fourth-order valence-electron chi connectivity index (χ4n) is 3.07. The molecule has 0 saturated carbocycles. The molecule has 2 aliphatic heterocycles. The van der Waals surface area contributed by atoms with E-state index in [-0.39, 0.29) is 24.5 Å². The molecule has 0 radical (unpaired) electrons. The third kappa shape index (κ3) is 2.64. The van der Waals surface area contributed by atoms with Gasteiger partial charge in [-0.05, 0) is 32.2 Å². The molecule has 102 valence electrons. The van der Waals surface area contributed by atoms with Crippen LogP contribution in [0, 0.1) is 0 Å². The number of hydrogen-bond acceptors (Lipinski definition) is 4. The molecule has 1 amide bonds. The Bertz CT molecular complexity index is 335. The number of hydrogen-bond donors (Lipinski definition) is 2. The summed E-state index contributed by atoms with van der Waals surface area (Å²) in [4.78, 5) is 26.6. The molecule has 6 nitrogen and oxygen atoms in total. The Morgan fingerprint density at radius 3 is 2.61 bits per heavy atom. The summed E-state index contributed by atoms with van der Waals surface area (Å²) in [6.45, 7) is 2.24. The molecule has 2 rings (SSSR count). The quantitative estimate of drug-likeness (QED) is 0.709. The van der Waals surface area contributed by atoms with Crippen LogP contribution in [0.4, 0.5) is 0 Å². The van der Waals surface area contributed by atoms with Crippen molar-refractivity contribution in [1.82, 2.24) is 9.80 Å². The van der Waals surface area contributed by atoms with Gasteiger partial charge < -0.3 is 15.7 Å². The largest absolute Gasteiger partial charge is 0.480 e. The lowest BCUT2D eigenvalue weighted by Gasteiger charge is -2.39. The zero-order valence-electron chi connectivity index (χ0n) is 10.5. The van der Waals surface area contributed by atoms with Crippen molar-refractivity contribution in [2.75, 3.05) is 26.2 Å². The molecule has 0 spiro atoms. The summed E-state index contributed by atoms with van der Waals surface area (Å²) in [5, 5.41) is 9.19. The molecule has 2 fully saturated rings. The van der Waals surface area contributed by atoms with E-state index in [4.69, 9.17) is 5.73 Å². The molecular formula is C12H21N3O3. The van der Waals surface area contributed by atoms with Crippen LogP contribution in [0.25, 0.3) is 0 Å². The molecule has 2 aliphatic rings. The van der Waals surface area contributed by atoms with Gasteiger partial charge in [0.25, 0.3) is 0 Å². The normalized spacial score (nSPS) is 29.5. The van der Waals surface area contributed by atoms with Gasteiger partial charge >= 0.3 is 5.97 Å². The lowest BCUT2D eigenvalue weighted by Crippen LogP contribution is -2.53. The van der Waals surface area contributed by atoms with E-state index in [9.17, 15) is 14.7 Å². The number of amides is 1. The van der Waals surface area contributed by atoms with Crippen molar-refractivity contribution in [2.24, 2.45) is 5.73 Å². The van der Waals surface area contributed by atoms with Crippen LogP contribution in [-0.4, -0.2) is 65.0 Å². The number of carboxylic acid groups (broad SMARTS) is 1. The van der Waals surface area contributed by atoms with E-state index < -0.39 is 5.97 Å². The highest BCUT2D eigenvalue weighted by atomic mass is 16.4. The van der Waals surface area contributed by atoms with Gasteiger partial charge in [-0.3, -0.25) is 14.5 Å². The lowest BCUT2D eigenvalue weighted by atomic mass is 10.0. The second-order valence-corrected chi connectivity index (χ2v) is 5.07. The monoisotopic (exact) mass is 255 g/mol. The third-order valence-corrected chi connectivity index (χ3v) is 3.97. The topological polar surface area (TPSA) is 86.9 Å². The van der Waals surface area contributed by atoms with E-state index in [1.165, 1.54) is 0 Å². The molecule has 0 aliphatic carbocycles. The van der Waals surface area contributed by atoms with Crippen LogP contribution in [0.1, 0.15) is 25.7 Å². The van der Waals surface area contributed by atoms with Gasteiger partial charge in [0.05, 0.1) is 6.54 Å². The number of carboxylic acids is 1. The maximum Gasteiger partial charge on any atom is 0.320 e. The molecule has 0 aromatic rings. The second-order valence-electron chi connectivity index (χ2n) is 5.07. The Morgan fingerprint density at radius 1 is 1.22 bits per heavy atom. The van der Waals surface area contributed by atoms with Gasteiger partial charge in [0, 0.05) is 19.1 Å². The van der Waals surface area contributed by atoms with Crippen LogP contribution in [-0.2, 0) is 9.59 Å². The first-order valence-corrected chi connectivity index (χ1v) is 6.60. The fourth-order valence-corrected chi connectivity index (χ4v) is 3.07. The van der Waals surface area contributed by atoms with E-state index in [0.717, 1.165) is 38.8 Å². The second kappa shape index (κ2) is 5.67. The Hall–Kier alpha value is -1.14. The molecular weight excluding hydrogens is 234 g/mol. The van der Waals surface area contributed by atoms with Crippen molar-refractivity contribution in [3.8, 4) is 0 Å². The van der Waals surface area contributed by atoms with Crippen LogP contribution in [0.3, 0.4) is 0 Å². The van der Waals surface area contributed by atoms with Crippen LogP contribution < -0.4 is 5.73 Å². The predicted molar refractivity (Wildman–Crippen MR) is 66.0 cm³/mol. The van der Waals surface area contributed by atoms with Crippen molar-refractivity contribution in [1.29, 1.82) is 0 Å². The van der Waals surface area contributed by atoms with Crippen molar-refractivity contribution in [3.05, 3.63) is 0 Å². The number of carbonyl (C=O) groups excluding carboxylic acids is 1. The van der Waals surface area contributed by atoms with Crippen LogP contribution in [0.5, 0.6) is 0 Å². The number of rotatable bonds is 3. The molecule has 2 saturated heterocycles. The molecule has 18 heavy (non-hydrogen) atoms. The smallest absolute Gasteiger partial charge is 0.320 e. The van der Waals surface area contributed by atoms with E-state index in [0.29, 0.717) is 6.54 Å². The molecule has 0 aromatic heterocycles. The molecule has 0 bridgehead atoms. The Kier molecular flexibility index (Phi) is 4.19. The minimum atomic E-state index is -0.741. The highest BCUT2D eigenvalue weighted by molar-refractivity contribution is 5.78. The van der Waals surface area contributed by atoms with Crippen molar-refractivity contribution < 1.29 is 14.7 Å². The summed E-state index contributed by atoms with van der Waals surface area (Å²) < 4.78 is 0. The van der Waals surface area contributed by atoms with Gasteiger partial charge in [0.15, 0.2) is 0 Å². The zero-order valence-corrected chi connectivity index (χ0v) is 10.5. The van der Waals surface area contributed by atoms with Crippen LogP contribution >= 0.6 is 0 Å². The van der Waals surface area contributed by atoms with Gasteiger partial charge in [0.1, 0.15) is 6.04 Å². The summed E-state index contributed by atoms with van der Waals surface area (Å²) in [7, 11) is 0.